The number of amides is 1. The van der Waals surface area contributed by atoms with Crippen LogP contribution in [0.5, 0.6) is 5.75 Å². The first-order valence-electron chi connectivity index (χ1n) is 9.43. The molecule has 1 aromatic heterocycles. The van der Waals surface area contributed by atoms with E-state index in [1.54, 1.807) is 7.11 Å². The minimum Gasteiger partial charge on any atom is -0.497 e. The number of anilines is 1. The summed E-state index contributed by atoms with van der Waals surface area (Å²) >= 11 is 3.49. The molecule has 7 heteroatoms. The number of benzene rings is 2. The highest BCUT2D eigenvalue weighted by Crippen LogP contribution is 2.25. The number of hydrogen-bond acceptors (Lipinski definition) is 4. The lowest BCUT2D eigenvalue weighted by molar-refractivity contribution is -0.125. The number of aromatic amines is 1. The third kappa shape index (κ3) is 4.14. The van der Waals surface area contributed by atoms with Crippen molar-refractivity contribution in [1.82, 2.24) is 15.3 Å². The summed E-state index contributed by atoms with van der Waals surface area (Å²) in [6.45, 7) is 2.08. The van der Waals surface area contributed by atoms with Crippen LogP contribution in [-0.4, -0.2) is 36.1 Å². The van der Waals surface area contributed by atoms with E-state index in [0.29, 0.717) is 13.1 Å². The topological polar surface area (TPSA) is 70.2 Å². The summed E-state index contributed by atoms with van der Waals surface area (Å²) in [5.41, 5.74) is 2.96. The molecule has 1 aliphatic heterocycles. The number of nitrogens with one attached hydrogen (secondary N) is 2. The lowest BCUT2D eigenvalue weighted by Gasteiger charge is -2.31. The zero-order valence-electron chi connectivity index (χ0n) is 15.7. The fourth-order valence-electron chi connectivity index (χ4n) is 3.62. The normalized spacial score (nSPS) is 16.9. The van der Waals surface area contributed by atoms with E-state index >= 15 is 0 Å². The van der Waals surface area contributed by atoms with Crippen LogP contribution in [0.1, 0.15) is 18.4 Å². The van der Waals surface area contributed by atoms with Gasteiger partial charge < -0.3 is 19.9 Å². The molecule has 3 aromatic rings. The number of piperidine rings is 1. The zero-order chi connectivity index (χ0) is 19.5. The summed E-state index contributed by atoms with van der Waals surface area (Å²) in [6, 6.07) is 13.8. The predicted molar refractivity (Wildman–Crippen MR) is 114 cm³/mol. The molecule has 1 amide bonds. The fourth-order valence-corrected chi connectivity index (χ4v) is 3.98. The van der Waals surface area contributed by atoms with E-state index in [1.807, 2.05) is 42.5 Å². The molecule has 0 aliphatic carbocycles. The number of nitrogens with zero attached hydrogens (tertiary/aromatic N) is 2. The third-order valence-electron chi connectivity index (χ3n) is 5.12. The van der Waals surface area contributed by atoms with Crippen LogP contribution in [0.2, 0.25) is 0 Å². The number of halogens is 1. The molecular weight excluding hydrogens is 420 g/mol. The second-order valence-electron chi connectivity index (χ2n) is 7.08. The Morgan fingerprint density at radius 2 is 2.25 bits per heavy atom. The van der Waals surface area contributed by atoms with Crippen molar-refractivity contribution in [2.24, 2.45) is 5.92 Å². The van der Waals surface area contributed by atoms with Crippen molar-refractivity contribution >= 4 is 38.8 Å². The highest BCUT2D eigenvalue weighted by Gasteiger charge is 2.27. The maximum absolute atomic E-state index is 12.7. The largest absolute Gasteiger partial charge is 0.497 e. The van der Waals surface area contributed by atoms with Crippen molar-refractivity contribution in [2.45, 2.75) is 19.4 Å². The van der Waals surface area contributed by atoms with Crippen molar-refractivity contribution in [3.05, 3.63) is 52.5 Å². The molecular formula is C21H23BrN4O2. The average Bonchev–Trinajstić information content (AvgIpc) is 3.15. The number of rotatable bonds is 5. The number of carbonyl (C=O) groups excluding carboxylic acids is 1. The van der Waals surface area contributed by atoms with Crippen LogP contribution < -0.4 is 15.0 Å². The van der Waals surface area contributed by atoms with Crippen LogP contribution in [0.4, 0.5) is 5.95 Å². The average molecular weight is 443 g/mol. The zero-order valence-corrected chi connectivity index (χ0v) is 17.3. The minimum absolute atomic E-state index is 0.0423. The Morgan fingerprint density at radius 1 is 1.36 bits per heavy atom. The number of hydrogen-bond donors (Lipinski definition) is 2. The summed E-state index contributed by atoms with van der Waals surface area (Å²) in [5.74, 6) is 1.68. The second kappa shape index (κ2) is 8.22. The van der Waals surface area contributed by atoms with Gasteiger partial charge in [-0.3, -0.25) is 4.79 Å². The Labute approximate surface area is 172 Å². The van der Waals surface area contributed by atoms with Gasteiger partial charge in [0.2, 0.25) is 11.9 Å². The lowest BCUT2D eigenvalue weighted by atomic mass is 9.97. The first-order chi connectivity index (χ1) is 13.6. The Morgan fingerprint density at radius 3 is 3.11 bits per heavy atom. The van der Waals surface area contributed by atoms with E-state index < -0.39 is 0 Å². The first kappa shape index (κ1) is 18.8. The van der Waals surface area contributed by atoms with Crippen LogP contribution in [0.25, 0.3) is 11.0 Å². The maximum Gasteiger partial charge on any atom is 0.225 e. The number of H-pyrrole nitrogens is 1. The van der Waals surface area contributed by atoms with Crippen LogP contribution in [-0.2, 0) is 11.3 Å². The Bertz CT molecular complexity index is 987. The van der Waals surface area contributed by atoms with Gasteiger partial charge in [0.05, 0.1) is 24.1 Å². The highest BCUT2D eigenvalue weighted by molar-refractivity contribution is 9.10. The fraction of sp³-hybridized carbons (Fsp3) is 0.333. The molecule has 1 aliphatic rings. The molecule has 0 spiro atoms. The molecule has 146 valence electrons. The van der Waals surface area contributed by atoms with E-state index in [4.69, 9.17) is 4.74 Å². The van der Waals surface area contributed by atoms with Gasteiger partial charge in [-0.15, -0.1) is 0 Å². The molecule has 0 saturated carbocycles. The number of carbonyl (C=O) groups is 1. The van der Waals surface area contributed by atoms with Gasteiger partial charge in [0.15, 0.2) is 0 Å². The monoisotopic (exact) mass is 442 g/mol. The smallest absolute Gasteiger partial charge is 0.225 e. The summed E-state index contributed by atoms with van der Waals surface area (Å²) in [6.07, 6.45) is 1.87. The molecule has 1 fully saturated rings. The van der Waals surface area contributed by atoms with E-state index in [-0.39, 0.29) is 11.8 Å². The van der Waals surface area contributed by atoms with Crippen LogP contribution >= 0.6 is 15.9 Å². The van der Waals surface area contributed by atoms with Crippen LogP contribution in [0, 0.1) is 5.92 Å². The standard InChI is InChI=1S/C21H23BrN4O2/c1-28-17-6-2-4-14(10-17)12-23-20(27)15-5-3-9-26(13-15)21-24-18-8-7-16(22)11-19(18)25-21/h2,4,6-8,10-11,15H,3,5,9,12-13H2,1H3,(H,23,27)(H,24,25)/t15-/m1/s1. The Balaban J connectivity index is 1.40. The number of fused-ring (bicyclic) bond motifs is 1. The molecule has 2 N–H and O–H groups in total. The number of aromatic nitrogens is 2. The number of methoxy groups -OCH3 is 1. The molecule has 6 nitrogen and oxygen atoms in total. The van der Waals surface area contributed by atoms with Crippen molar-refractivity contribution in [3.63, 3.8) is 0 Å². The molecule has 0 bridgehead atoms. The summed E-state index contributed by atoms with van der Waals surface area (Å²) in [5, 5.41) is 3.07. The number of imidazole rings is 1. The molecule has 0 unspecified atom stereocenters. The third-order valence-corrected chi connectivity index (χ3v) is 5.62. The molecule has 28 heavy (non-hydrogen) atoms. The maximum atomic E-state index is 12.7. The van der Waals surface area contributed by atoms with Gasteiger partial charge in [0, 0.05) is 24.1 Å². The second-order valence-corrected chi connectivity index (χ2v) is 7.99. The van der Waals surface area contributed by atoms with Crippen molar-refractivity contribution in [1.29, 1.82) is 0 Å². The van der Waals surface area contributed by atoms with Crippen molar-refractivity contribution in [2.75, 3.05) is 25.1 Å². The number of ether oxygens (including phenoxy) is 1. The van der Waals surface area contributed by atoms with Crippen molar-refractivity contribution in [3.8, 4) is 5.75 Å². The lowest BCUT2D eigenvalue weighted by Crippen LogP contribution is -2.43. The van der Waals surface area contributed by atoms with Crippen LogP contribution in [0.15, 0.2) is 46.9 Å². The molecule has 1 saturated heterocycles. The van der Waals surface area contributed by atoms with Gasteiger partial charge >= 0.3 is 0 Å². The minimum atomic E-state index is -0.0423. The molecule has 1 atom stereocenters. The van der Waals surface area contributed by atoms with Crippen molar-refractivity contribution < 1.29 is 9.53 Å². The first-order valence-corrected chi connectivity index (χ1v) is 10.2. The highest BCUT2D eigenvalue weighted by atomic mass is 79.9. The molecule has 0 radical (unpaired) electrons. The van der Waals surface area contributed by atoms with E-state index in [1.165, 1.54) is 0 Å². The summed E-state index contributed by atoms with van der Waals surface area (Å²) < 4.78 is 6.26. The Hall–Kier alpha value is -2.54. The molecule has 4 rings (SSSR count). The van der Waals surface area contributed by atoms with Gasteiger partial charge in [0.1, 0.15) is 5.75 Å². The molecule has 2 aromatic carbocycles. The quantitative estimate of drug-likeness (QED) is 0.628. The van der Waals surface area contributed by atoms with E-state index in [0.717, 1.165) is 52.2 Å². The predicted octanol–water partition coefficient (Wildman–Crippen LogP) is 3.87. The van der Waals surface area contributed by atoms with E-state index in [2.05, 4.69) is 36.1 Å². The van der Waals surface area contributed by atoms with Gasteiger partial charge in [-0.05, 0) is 48.7 Å². The van der Waals surface area contributed by atoms with Gasteiger partial charge in [-0.25, -0.2) is 4.98 Å². The summed E-state index contributed by atoms with van der Waals surface area (Å²) in [4.78, 5) is 23.0. The van der Waals surface area contributed by atoms with Gasteiger partial charge in [0.25, 0.3) is 0 Å². The van der Waals surface area contributed by atoms with Gasteiger partial charge in [-0.2, -0.15) is 0 Å². The van der Waals surface area contributed by atoms with Gasteiger partial charge in [-0.1, -0.05) is 28.1 Å². The SMILES string of the molecule is COc1cccc(CNC(=O)[C@@H]2CCCN(c3nc4ccc(Br)cc4[nH]3)C2)c1. The Kier molecular flexibility index (Phi) is 5.52. The molecule has 2 heterocycles. The van der Waals surface area contributed by atoms with Crippen LogP contribution in [0.3, 0.4) is 0 Å². The summed E-state index contributed by atoms with van der Waals surface area (Å²) in [7, 11) is 1.64. The van der Waals surface area contributed by atoms with E-state index in [9.17, 15) is 4.79 Å².